The predicted molar refractivity (Wildman–Crippen MR) is 119 cm³/mol. The van der Waals surface area contributed by atoms with E-state index in [1.807, 2.05) is 30.3 Å². The Morgan fingerprint density at radius 3 is 2.00 bits per heavy atom. The van der Waals surface area contributed by atoms with Crippen LogP contribution in [0.2, 0.25) is 0 Å². The number of phenolic OH excluding ortho intramolecular Hbond substituents is 1. The standard InChI is InChI=1S/C25H20N2O5/c1-31-24(29)21-22(17-14-12-16(13-15-17)19-10-6-7-11-20(19)28)26-27(23(21)25(30)32-2)18-8-4-3-5-9-18/h3-15,28H,1-2H3. The first kappa shape index (κ1) is 20.9. The molecule has 7 heteroatoms. The van der Waals surface area contributed by atoms with Crippen molar-refractivity contribution in [1.82, 2.24) is 9.78 Å². The van der Waals surface area contributed by atoms with Crippen LogP contribution in [-0.4, -0.2) is 41.0 Å². The van der Waals surface area contributed by atoms with Gasteiger partial charge in [-0.15, -0.1) is 0 Å². The lowest BCUT2D eigenvalue weighted by Gasteiger charge is -2.07. The van der Waals surface area contributed by atoms with Crippen molar-refractivity contribution >= 4 is 11.9 Å². The number of aromatic hydroxyl groups is 1. The van der Waals surface area contributed by atoms with Crippen LogP contribution < -0.4 is 0 Å². The van der Waals surface area contributed by atoms with Crippen molar-refractivity contribution in [3.63, 3.8) is 0 Å². The first-order chi connectivity index (χ1) is 15.5. The molecular weight excluding hydrogens is 408 g/mol. The molecule has 4 rings (SSSR count). The molecule has 7 nitrogen and oxygen atoms in total. The minimum Gasteiger partial charge on any atom is -0.507 e. The molecule has 32 heavy (non-hydrogen) atoms. The Hall–Kier alpha value is -4.39. The Bertz CT molecular complexity index is 1280. The molecule has 4 aromatic rings. The summed E-state index contributed by atoms with van der Waals surface area (Å²) >= 11 is 0. The lowest BCUT2D eigenvalue weighted by molar-refractivity contribution is 0.0549. The largest absolute Gasteiger partial charge is 0.507 e. The van der Waals surface area contributed by atoms with Crippen molar-refractivity contribution in [2.75, 3.05) is 14.2 Å². The lowest BCUT2D eigenvalue weighted by Crippen LogP contribution is -2.15. The summed E-state index contributed by atoms with van der Waals surface area (Å²) in [5, 5.41) is 14.7. The smallest absolute Gasteiger partial charge is 0.357 e. The zero-order valence-corrected chi connectivity index (χ0v) is 17.5. The molecule has 0 aliphatic heterocycles. The van der Waals surface area contributed by atoms with Crippen LogP contribution in [0.15, 0.2) is 78.9 Å². The monoisotopic (exact) mass is 428 g/mol. The van der Waals surface area contributed by atoms with E-state index >= 15 is 0 Å². The number of carbonyl (C=O) groups excluding carboxylic acids is 2. The van der Waals surface area contributed by atoms with Gasteiger partial charge >= 0.3 is 11.9 Å². The highest BCUT2D eigenvalue weighted by molar-refractivity contribution is 6.06. The van der Waals surface area contributed by atoms with E-state index in [0.717, 1.165) is 5.56 Å². The summed E-state index contributed by atoms with van der Waals surface area (Å²) in [5.74, 6) is -1.25. The minimum absolute atomic E-state index is 0.0125. The van der Waals surface area contributed by atoms with E-state index in [-0.39, 0.29) is 22.7 Å². The van der Waals surface area contributed by atoms with Gasteiger partial charge in [0.15, 0.2) is 5.69 Å². The van der Waals surface area contributed by atoms with Crippen LogP contribution in [0.3, 0.4) is 0 Å². The minimum atomic E-state index is -0.709. The maximum Gasteiger partial charge on any atom is 0.357 e. The van der Waals surface area contributed by atoms with Crippen molar-refractivity contribution in [2.24, 2.45) is 0 Å². The fourth-order valence-electron chi connectivity index (χ4n) is 3.48. The predicted octanol–water partition coefficient (Wildman–Crippen LogP) is 4.49. The number of benzene rings is 3. The third-order valence-corrected chi connectivity index (χ3v) is 5.03. The highest BCUT2D eigenvalue weighted by Gasteiger charge is 2.31. The number of esters is 2. The summed E-state index contributed by atoms with van der Waals surface area (Å²) in [4.78, 5) is 25.4. The number of hydrogen-bond acceptors (Lipinski definition) is 6. The van der Waals surface area contributed by atoms with Gasteiger partial charge in [0, 0.05) is 11.1 Å². The first-order valence-corrected chi connectivity index (χ1v) is 9.79. The van der Waals surface area contributed by atoms with Crippen LogP contribution in [0, 0.1) is 0 Å². The van der Waals surface area contributed by atoms with E-state index < -0.39 is 11.9 Å². The van der Waals surface area contributed by atoms with Crippen molar-refractivity contribution in [1.29, 1.82) is 0 Å². The topological polar surface area (TPSA) is 90.6 Å². The molecule has 1 heterocycles. The number of para-hydroxylation sites is 2. The molecule has 0 saturated heterocycles. The lowest BCUT2D eigenvalue weighted by atomic mass is 10.00. The average Bonchev–Trinajstić information content (AvgIpc) is 3.25. The summed E-state index contributed by atoms with van der Waals surface area (Å²) in [6.07, 6.45) is 0. The van der Waals surface area contributed by atoms with E-state index in [4.69, 9.17) is 9.47 Å². The molecule has 160 valence electrons. The summed E-state index contributed by atoms with van der Waals surface area (Å²) in [5.41, 5.74) is 2.94. The van der Waals surface area contributed by atoms with Crippen LogP contribution in [0.5, 0.6) is 5.75 Å². The molecule has 0 spiro atoms. The third-order valence-electron chi connectivity index (χ3n) is 5.03. The second kappa shape index (κ2) is 8.77. The zero-order chi connectivity index (χ0) is 22.7. The molecule has 0 bridgehead atoms. The number of aromatic nitrogens is 2. The van der Waals surface area contributed by atoms with Gasteiger partial charge in [-0.05, 0) is 23.8 Å². The first-order valence-electron chi connectivity index (χ1n) is 9.79. The molecule has 0 unspecified atom stereocenters. The van der Waals surface area contributed by atoms with E-state index in [1.165, 1.54) is 18.9 Å². The van der Waals surface area contributed by atoms with E-state index in [2.05, 4.69) is 5.10 Å². The number of nitrogens with zero attached hydrogens (tertiary/aromatic N) is 2. The number of hydrogen-bond donors (Lipinski definition) is 1. The molecule has 0 aliphatic carbocycles. The summed E-state index contributed by atoms with van der Waals surface area (Å²) in [7, 11) is 2.49. The quantitative estimate of drug-likeness (QED) is 0.471. The Kier molecular flexibility index (Phi) is 5.72. The summed E-state index contributed by atoms with van der Waals surface area (Å²) < 4.78 is 11.3. The number of rotatable bonds is 5. The molecule has 0 radical (unpaired) electrons. The Balaban J connectivity index is 1.90. The molecule has 1 N–H and O–H groups in total. The molecule has 0 amide bonds. The Morgan fingerprint density at radius 1 is 0.781 bits per heavy atom. The van der Waals surface area contributed by atoms with Crippen molar-refractivity contribution < 1.29 is 24.2 Å². The Labute approximate surface area is 184 Å². The van der Waals surface area contributed by atoms with Gasteiger partial charge in [0.05, 0.1) is 19.9 Å². The second-order valence-corrected chi connectivity index (χ2v) is 6.90. The van der Waals surface area contributed by atoms with Crippen molar-refractivity contribution in [3.8, 4) is 33.8 Å². The number of methoxy groups -OCH3 is 2. The maximum atomic E-state index is 12.7. The fraction of sp³-hybridized carbons (Fsp3) is 0.0800. The van der Waals surface area contributed by atoms with Gasteiger partial charge in [0.2, 0.25) is 0 Å². The van der Waals surface area contributed by atoms with Gasteiger partial charge in [-0.1, -0.05) is 60.7 Å². The van der Waals surface area contributed by atoms with E-state index in [0.29, 0.717) is 16.8 Å². The molecule has 0 fully saturated rings. The third kappa shape index (κ3) is 3.72. The SMILES string of the molecule is COC(=O)c1c(-c2ccc(-c3ccccc3O)cc2)nn(-c2ccccc2)c1C(=O)OC. The molecule has 0 aliphatic rings. The molecule has 3 aromatic carbocycles. The van der Waals surface area contributed by atoms with Crippen LogP contribution in [0.25, 0.3) is 28.1 Å². The van der Waals surface area contributed by atoms with Gasteiger partial charge in [0.25, 0.3) is 0 Å². The highest BCUT2D eigenvalue weighted by Crippen LogP contribution is 2.33. The van der Waals surface area contributed by atoms with Gasteiger partial charge in [0.1, 0.15) is 17.0 Å². The number of carbonyl (C=O) groups is 2. The van der Waals surface area contributed by atoms with Crippen LogP contribution in [0.1, 0.15) is 20.8 Å². The van der Waals surface area contributed by atoms with Gasteiger partial charge in [-0.3, -0.25) is 0 Å². The van der Waals surface area contributed by atoms with Crippen molar-refractivity contribution in [2.45, 2.75) is 0 Å². The van der Waals surface area contributed by atoms with Crippen LogP contribution >= 0.6 is 0 Å². The Morgan fingerprint density at radius 2 is 1.38 bits per heavy atom. The molecule has 0 saturated carbocycles. The highest BCUT2D eigenvalue weighted by atomic mass is 16.5. The van der Waals surface area contributed by atoms with E-state index in [9.17, 15) is 14.7 Å². The number of ether oxygens (including phenoxy) is 2. The second-order valence-electron chi connectivity index (χ2n) is 6.90. The fourth-order valence-corrected chi connectivity index (χ4v) is 3.48. The van der Waals surface area contributed by atoms with Gasteiger partial charge in [-0.2, -0.15) is 5.10 Å². The number of phenols is 1. The molecule has 0 atom stereocenters. The summed E-state index contributed by atoms with van der Waals surface area (Å²) in [6.45, 7) is 0. The molecule has 1 aromatic heterocycles. The normalized spacial score (nSPS) is 10.6. The van der Waals surface area contributed by atoms with Crippen molar-refractivity contribution in [3.05, 3.63) is 90.1 Å². The van der Waals surface area contributed by atoms with E-state index in [1.54, 1.807) is 48.5 Å². The average molecular weight is 428 g/mol. The summed E-state index contributed by atoms with van der Waals surface area (Å²) in [6, 6.07) is 23.2. The maximum absolute atomic E-state index is 12.7. The molecular formula is C25H20N2O5. The van der Waals surface area contributed by atoms with Crippen LogP contribution in [0.4, 0.5) is 0 Å². The van der Waals surface area contributed by atoms with Crippen LogP contribution in [-0.2, 0) is 9.47 Å². The van der Waals surface area contributed by atoms with Gasteiger partial charge < -0.3 is 14.6 Å². The zero-order valence-electron chi connectivity index (χ0n) is 17.5. The van der Waals surface area contributed by atoms with Gasteiger partial charge in [-0.25, -0.2) is 14.3 Å².